The molecule has 0 atom stereocenters. The number of benzene rings is 2. The van der Waals surface area contributed by atoms with Gasteiger partial charge in [-0.2, -0.15) is 0 Å². The zero-order valence-corrected chi connectivity index (χ0v) is 14.6. The summed E-state index contributed by atoms with van der Waals surface area (Å²) in [6.45, 7) is 5.20. The van der Waals surface area contributed by atoms with Gasteiger partial charge in [0.15, 0.2) is 11.0 Å². The molecule has 3 rings (SSSR count). The van der Waals surface area contributed by atoms with E-state index in [1.807, 2.05) is 36.4 Å². The highest BCUT2D eigenvalue weighted by Gasteiger charge is 2.15. The molecule has 0 aliphatic carbocycles. The molecule has 0 aliphatic rings. The molecule has 3 nitrogen and oxygen atoms in total. The Bertz CT molecular complexity index is 799. The molecule has 0 unspecified atom stereocenters. The highest BCUT2D eigenvalue weighted by atomic mass is 32.2. The summed E-state index contributed by atoms with van der Waals surface area (Å²) in [6, 6.07) is 16.8. The molecule has 0 aliphatic heterocycles. The Kier molecular flexibility index (Phi) is 5.30. The normalized spacial score (nSPS) is 11.2. The molecule has 0 saturated carbocycles. The first kappa shape index (κ1) is 16.7. The minimum atomic E-state index is -0.207. The predicted octanol–water partition coefficient (Wildman–Crippen LogP) is 5.03. The van der Waals surface area contributed by atoms with Crippen LogP contribution in [0.4, 0.5) is 4.39 Å². The van der Waals surface area contributed by atoms with E-state index in [1.54, 1.807) is 23.9 Å². The molecule has 2 aromatic carbocycles. The second-order valence-electron chi connectivity index (χ2n) is 6.10. The van der Waals surface area contributed by atoms with Gasteiger partial charge in [0.1, 0.15) is 5.82 Å². The van der Waals surface area contributed by atoms with Crippen LogP contribution >= 0.6 is 11.8 Å². The van der Waals surface area contributed by atoms with Crippen LogP contribution in [0.5, 0.6) is 0 Å². The number of nitrogens with zero attached hydrogens (tertiary/aromatic N) is 3. The van der Waals surface area contributed by atoms with E-state index >= 15 is 0 Å². The number of aromatic nitrogens is 3. The molecule has 0 radical (unpaired) electrons. The van der Waals surface area contributed by atoms with Gasteiger partial charge in [0, 0.05) is 17.9 Å². The third kappa shape index (κ3) is 4.03. The first-order valence-electron chi connectivity index (χ1n) is 7.99. The standard InChI is InChI=1S/C19H20FN3S/c1-14(2)12-23-18(16-8-4-3-5-9-16)21-22-19(23)24-13-15-7-6-10-17(20)11-15/h3-11,14H,12-13H2,1-2H3. The van der Waals surface area contributed by atoms with Crippen molar-refractivity contribution in [1.82, 2.24) is 14.8 Å². The molecule has 0 spiro atoms. The fraction of sp³-hybridized carbons (Fsp3) is 0.263. The van der Waals surface area contributed by atoms with Gasteiger partial charge in [0.2, 0.25) is 0 Å². The summed E-state index contributed by atoms with van der Waals surface area (Å²) in [6.07, 6.45) is 0. The summed E-state index contributed by atoms with van der Waals surface area (Å²) in [5.74, 6) is 1.83. The molecule has 5 heteroatoms. The lowest BCUT2D eigenvalue weighted by Gasteiger charge is -2.12. The Morgan fingerprint density at radius 2 is 1.83 bits per heavy atom. The Morgan fingerprint density at radius 3 is 2.54 bits per heavy atom. The Hall–Kier alpha value is -2.14. The highest BCUT2D eigenvalue weighted by molar-refractivity contribution is 7.98. The lowest BCUT2D eigenvalue weighted by atomic mass is 10.2. The van der Waals surface area contributed by atoms with Crippen LogP contribution in [-0.4, -0.2) is 14.8 Å². The van der Waals surface area contributed by atoms with Crippen LogP contribution in [0.25, 0.3) is 11.4 Å². The van der Waals surface area contributed by atoms with Gasteiger partial charge in [-0.15, -0.1) is 10.2 Å². The van der Waals surface area contributed by atoms with Gasteiger partial charge in [-0.05, 0) is 23.6 Å². The largest absolute Gasteiger partial charge is 0.302 e. The SMILES string of the molecule is CC(C)Cn1c(SCc2cccc(F)c2)nnc1-c1ccccc1. The van der Waals surface area contributed by atoms with Crippen LogP contribution in [-0.2, 0) is 12.3 Å². The molecule has 3 aromatic rings. The molecular weight excluding hydrogens is 321 g/mol. The monoisotopic (exact) mass is 341 g/mol. The molecule has 1 heterocycles. The molecule has 24 heavy (non-hydrogen) atoms. The summed E-state index contributed by atoms with van der Waals surface area (Å²) in [4.78, 5) is 0. The van der Waals surface area contributed by atoms with Gasteiger partial charge in [-0.1, -0.05) is 68.1 Å². The Balaban J connectivity index is 1.86. The van der Waals surface area contributed by atoms with E-state index in [0.717, 1.165) is 28.7 Å². The van der Waals surface area contributed by atoms with Crippen molar-refractivity contribution in [2.75, 3.05) is 0 Å². The maximum atomic E-state index is 13.3. The minimum absolute atomic E-state index is 0.207. The topological polar surface area (TPSA) is 30.7 Å². The van der Waals surface area contributed by atoms with Crippen LogP contribution in [0.15, 0.2) is 59.8 Å². The zero-order chi connectivity index (χ0) is 16.9. The van der Waals surface area contributed by atoms with Crippen molar-refractivity contribution in [3.05, 3.63) is 66.0 Å². The molecule has 0 bridgehead atoms. The third-order valence-electron chi connectivity index (χ3n) is 3.55. The minimum Gasteiger partial charge on any atom is -0.302 e. The molecule has 124 valence electrons. The summed E-state index contributed by atoms with van der Waals surface area (Å²) >= 11 is 1.59. The third-order valence-corrected chi connectivity index (χ3v) is 4.59. The van der Waals surface area contributed by atoms with Crippen LogP contribution in [0.3, 0.4) is 0 Å². The molecular formula is C19H20FN3S. The second-order valence-corrected chi connectivity index (χ2v) is 7.04. The van der Waals surface area contributed by atoms with Crippen LogP contribution < -0.4 is 0 Å². The van der Waals surface area contributed by atoms with Crippen molar-refractivity contribution >= 4 is 11.8 Å². The molecule has 0 amide bonds. The Labute approximate surface area is 145 Å². The van der Waals surface area contributed by atoms with Crippen molar-refractivity contribution in [2.45, 2.75) is 31.3 Å². The quantitative estimate of drug-likeness (QED) is 0.589. The van der Waals surface area contributed by atoms with Gasteiger partial charge in [0.05, 0.1) is 0 Å². The lowest BCUT2D eigenvalue weighted by molar-refractivity contribution is 0.498. The Morgan fingerprint density at radius 1 is 1.04 bits per heavy atom. The summed E-state index contributed by atoms with van der Waals surface area (Å²) < 4.78 is 15.5. The first-order valence-corrected chi connectivity index (χ1v) is 8.98. The maximum absolute atomic E-state index is 13.3. The average molecular weight is 341 g/mol. The second kappa shape index (κ2) is 7.62. The van der Waals surface area contributed by atoms with Gasteiger partial charge < -0.3 is 4.57 Å². The van der Waals surface area contributed by atoms with Crippen molar-refractivity contribution in [3.63, 3.8) is 0 Å². The number of rotatable bonds is 6. The van der Waals surface area contributed by atoms with Crippen LogP contribution in [0.2, 0.25) is 0 Å². The smallest absolute Gasteiger partial charge is 0.191 e. The summed E-state index contributed by atoms with van der Waals surface area (Å²) in [7, 11) is 0. The fourth-order valence-electron chi connectivity index (χ4n) is 2.50. The number of halogens is 1. The van der Waals surface area contributed by atoms with Crippen LogP contribution in [0.1, 0.15) is 19.4 Å². The molecule has 0 N–H and O–H groups in total. The van der Waals surface area contributed by atoms with Crippen molar-refractivity contribution in [2.24, 2.45) is 5.92 Å². The molecule has 0 saturated heterocycles. The van der Waals surface area contributed by atoms with E-state index in [4.69, 9.17) is 0 Å². The predicted molar refractivity (Wildman–Crippen MR) is 96.3 cm³/mol. The number of hydrogen-bond donors (Lipinski definition) is 0. The van der Waals surface area contributed by atoms with Crippen molar-refractivity contribution in [1.29, 1.82) is 0 Å². The van der Waals surface area contributed by atoms with E-state index in [-0.39, 0.29) is 5.82 Å². The average Bonchev–Trinajstić information content (AvgIpc) is 2.96. The van der Waals surface area contributed by atoms with E-state index in [0.29, 0.717) is 11.7 Å². The summed E-state index contributed by atoms with van der Waals surface area (Å²) in [5, 5.41) is 9.62. The molecule has 0 fully saturated rings. The highest BCUT2D eigenvalue weighted by Crippen LogP contribution is 2.27. The van der Waals surface area contributed by atoms with Crippen molar-refractivity contribution < 1.29 is 4.39 Å². The number of thioether (sulfide) groups is 1. The van der Waals surface area contributed by atoms with E-state index < -0.39 is 0 Å². The van der Waals surface area contributed by atoms with Gasteiger partial charge in [-0.25, -0.2) is 4.39 Å². The number of hydrogen-bond acceptors (Lipinski definition) is 3. The van der Waals surface area contributed by atoms with E-state index in [9.17, 15) is 4.39 Å². The van der Waals surface area contributed by atoms with Gasteiger partial charge in [0.25, 0.3) is 0 Å². The van der Waals surface area contributed by atoms with E-state index in [2.05, 4.69) is 28.6 Å². The maximum Gasteiger partial charge on any atom is 0.191 e. The van der Waals surface area contributed by atoms with E-state index in [1.165, 1.54) is 6.07 Å². The fourth-order valence-corrected chi connectivity index (χ4v) is 3.39. The summed E-state index contributed by atoms with van der Waals surface area (Å²) in [5.41, 5.74) is 2.00. The molecule has 1 aromatic heterocycles. The van der Waals surface area contributed by atoms with Crippen LogP contribution in [0, 0.1) is 11.7 Å². The van der Waals surface area contributed by atoms with Crippen molar-refractivity contribution in [3.8, 4) is 11.4 Å². The lowest BCUT2D eigenvalue weighted by Crippen LogP contribution is -2.07. The zero-order valence-electron chi connectivity index (χ0n) is 13.8. The van der Waals surface area contributed by atoms with Gasteiger partial charge in [-0.3, -0.25) is 0 Å². The van der Waals surface area contributed by atoms with Gasteiger partial charge >= 0.3 is 0 Å². The first-order chi connectivity index (χ1) is 11.6.